The molecular formula is C24H24F3NO9. The van der Waals surface area contributed by atoms with E-state index in [4.69, 9.17) is 33.3 Å². The quantitative estimate of drug-likeness (QED) is 0.421. The van der Waals surface area contributed by atoms with E-state index in [2.05, 4.69) is 0 Å². The Morgan fingerprint density at radius 3 is 2.16 bits per heavy atom. The number of esters is 3. The van der Waals surface area contributed by atoms with Gasteiger partial charge in [0.25, 0.3) is 0 Å². The van der Waals surface area contributed by atoms with Crippen LogP contribution in [0, 0.1) is 0 Å². The molecule has 0 saturated carbocycles. The number of fused-ring (bicyclic) bond motifs is 1. The molecule has 0 spiro atoms. The average Bonchev–Trinajstić information content (AvgIpc) is 2.91. The van der Waals surface area contributed by atoms with Crippen molar-refractivity contribution in [3.63, 3.8) is 0 Å². The summed E-state index contributed by atoms with van der Waals surface area (Å²) in [6.07, 6.45) is -13.2. The number of alkyl halides is 3. The molecule has 10 nitrogen and oxygen atoms in total. The van der Waals surface area contributed by atoms with Crippen LogP contribution >= 0.6 is 0 Å². The van der Waals surface area contributed by atoms with Gasteiger partial charge in [0.15, 0.2) is 12.2 Å². The van der Waals surface area contributed by atoms with E-state index >= 15 is 0 Å². The summed E-state index contributed by atoms with van der Waals surface area (Å²) in [5.74, 6) is -6.59. The molecule has 0 bridgehead atoms. The highest BCUT2D eigenvalue weighted by atomic mass is 19.4. The Balaban J connectivity index is 2.27. The maximum atomic E-state index is 13.3. The normalized spacial score (nSPS) is 26.2. The van der Waals surface area contributed by atoms with Gasteiger partial charge in [0.1, 0.15) is 24.5 Å². The lowest BCUT2D eigenvalue weighted by molar-refractivity contribution is -0.258. The van der Waals surface area contributed by atoms with Gasteiger partial charge in [-0.05, 0) is 22.9 Å². The van der Waals surface area contributed by atoms with E-state index in [1.165, 1.54) is 5.32 Å². The summed E-state index contributed by atoms with van der Waals surface area (Å²) in [7, 11) is 0. The smallest absolute Gasteiger partial charge is 0.463 e. The van der Waals surface area contributed by atoms with E-state index in [0.717, 1.165) is 20.8 Å². The minimum atomic E-state index is -5.52. The molecule has 2 aromatic rings. The molecule has 0 aromatic heterocycles. The summed E-state index contributed by atoms with van der Waals surface area (Å²) in [4.78, 5) is 47.5. The van der Waals surface area contributed by atoms with Gasteiger partial charge in [-0.15, -0.1) is 0 Å². The van der Waals surface area contributed by atoms with Crippen molar-refractivity contribution in [2.75, 3.05) is 6.61 Å². The van der Waals surface area contributed by atoms with Gasteiger partial charge >= 0.3 is 30.0 Å². The average molecular weight is 534 g/mol. The van der Waals surface area contributed by atoms with Gasteiger partial charge in [0.05, 0.1) is 9.60 Å². The molecule has 5 atom stereocenters. The number of ether oxygens (including phenoxy) is 5. The Labute approximate surface area is 218 Å². The number of hydrogen-bond acceptors (Lipinski definition) is 9. The molecule has 37 heavy (non-hydrogen) atoms. The summed E-state index contributed by atoms with van der Waals surface area (Å²) in [5.41, 5.74) is 0. The fourth-order valence-corrected chi connectivity index (χ4v) is 3.33. The lowest BCUT2D eigenvalue weighted by atomic mass is 9.96. The first-order valence-electron chi connectivity index (χ1n) is 13.9. The zero-order chi connectivity index (χ0) is 33.4. The minimum absolute atomic E-state index is 0.523. The van der Waals surface area contributed by atoms with Crippen molar-refractivity contribution in [1.82, 2.24) is 5.32 Å². The van der Waals surface area contributed by atoms with E-state index in [9.17, 15) is 32.3 Å². The van der Waals surface area contributed by atoms with Crippen LogP contribution in [-0.4, -0.2) is 67.2 Å². The predicted molar refractivity (Wildman–Crippen MR) is 119 cm³/mol. The van der Waals surface area contributed by atoms with Crippen molar-refractivity contribution in [2.45, 2.75) is 57.6 Å². The van der Waals surface area contributed by atoms with Crippen molar-refractivity contribution in [3.8, 4) is 5.75 Å². The summed E-state index contributed by atoms with van der Waals surface area (Å²) in [6.45, 7) is 1.96. The minimum Gasteiger partial charge on any atom is -0.463 e. The zero-order valence-corrected chi connectivity index (χ0v) is 19.4. The van der Waals surface area contributed by atoms with Gasteiger partial charge in [-0.1, -0.05) is 30.2 Å². The molecule has 2 aromatic carbocycles. The Hall–Kier alpha value is -3.87. The van der Waals surface area contributed by atoms with Crippen LogP contribution in [-0.2, 0) is 38.1 Å². The van der Waals surface area contributed by atoms with Crippen molar-refractivity contribution < 1.29 is 65.6 Å². The number of carbonyl (C=O) groups excluding carboxylic acids is 4. The number of carbonyl (C=O) groups is 4. The highest BCUT2D eigenvalue weighted by Crippen LogP contribution is 2.31. The lowest BCUT2D eigenvalue weighted by Crippen LogP contribution is -2.68. The molecule has 200 valence electrons. The first-order valence-corrected chi connectivity index (χ1v) is 10.4. The lowest BCUT2D eigenvalue weighted by Gasteiger charge is -2.44. The van der Waals surface area contributed by atoms with Crippen LogP contribution in [0.3, 0.4) is 0 Å². The second-order valence-corrected chi connectivity index (χ2v) is 7.56. The fourth-order valence-electron chi connectivity index (χ4n) is 3.33. The Bertz CT molecular complexity index is 1530. The van der Waals surface area contributed by atoms with Crippen LogP contribution in [0.2, 0.25) is 0 Å². The zero-order valence-electron chi connectivity index (χ0n) is 26.4. The Kier molecular flexibility index (Phi) is 5.97. The van der Waals surface area contributed by atoms with Crippen LogP contribution in [0.4, 0.5) is 13.2 Å². The molecule has 1 aliphatic heterocycles. The number of rotatable bonds is 7. The summed E-state index contributed by atoms with van der Waals surface area (Å²) < 4.78 is 124. The molecule has 0 radical (unpaired) electrons. The number of amides is 1. The Morgan fingerprint density at radius 2 is 1.57 bits per heavy atom. The summed E-state index contributed by atoms with van der Waals surface area (Å²) in [6, 6.07) is -8.01. The monoisotopic (exact) mass is 534 g/mol. The maximum Gasteiger partial charge on any atom is 0.471 e. The van der Waals surface area contributed by atoms with Crippen LogP contribution in [0.5, 0.6) is 5.75 Å². The molecule has 0 unspecified atom stereocenters. The van der Waals surface area contributed by atoms with Gasteiger partial charge in [-0.3, -0.25) is 19.2 Å². The molecule has 1 fully saturated rings. The SMILES string of the molecule is [2H]c1c([2H])c([2H])c2c([2H])c(O[C@@H]3O[C@H](COC(C)=O)[C@@H](OC(C)=O)[C@H](OC(C)=O)[C@H]3NC(=O)C(F)(F)F)c([2H])c([2H])c2c1[2H]. The number of halogens is 3. The topological polar surface area (TPSA) is 126 Å². The van der Waals surface area contributed by atoms with Crippen molar-refractivity contribution in [3.05, 3.63) is 42.3 Å². The third-order valence-electron chi connectivity index (χ3n) is 4.72. The van der Waals surface area contributed by atoms with Gasteiger partial charge < -0.3 is 29.0 Å². The van der Waals surface area contributed by atoms with E-state index in [1.54, 1.807) is 0 Å². The van der Waals surface area contributed by atoms with E-state index in [0.29, 0.717) is 0 Å². The second-order valence-electron chi connectivity index (χ2n) is 7.56. The van der Waals surface area contributed by atoms with Crippen molar-refractivity contribution in [1.29, 1.82) is 0 Å². The van der Waals surface area contributed by atoms with E-state index in [1.807, 2.05) is 0 Å². The van der Waals surface area contributed by atoms with Crippen molar-refractivity contribution in [2.24, 2.45) is 0 Å². The molecule has 3 rings (SSSR count). The summed E-state index contributed by atoms with van der Waals surface area (Å²) >= 11 is 0. The van der Waals surface area contributed by atoms with Gasteiger partial charge in [0, 0.05) is 20.8 Å². The largest absolute Gasteiger partial charge is 0.471 e. The van der Waals surface area contributed by atoms with Crippen LogP contribution in [0.1, 0.15) is 30.4 Å². The van der Waals surface area contributed by atoms with Crippen molar-refractivity contribution >= 4 is 34.6 Å². The fraction of sp³-hybridized carbons (Fsp3) is 0.417. The molecule has 1 aliphatic rings. The highest BCUT2D eigenvalue weighted by Gasteiger charge is 2.54. The predicted octanol–water partition coefficient (Wildman–Crippen LogP) is 2.42. The molecule has 1 N–H and O–H groups in total. The van der Waals surface area contributed by atoms with Crippen LogP contribution in [0.25, 0.3) is 10.8 Å². The van der Waals surface area contributed by atoms with E-state index in [-0.39, 0.29) is 0 Å². The molecular weight excluding hydrogens is 503 g/mol. The first kappa shape index (κ1) is 19.3. The number of nitrogens with one attached hydrogen (secondary N) is 1. The van der Waals surface area contributed by atoms with Gasteiger partial charge in [-0.25, -0.2) is 0 Å². The highest BCUT2D eigenvalue weighted by molar-refractivity contribution is 5.84. The van der Waals surface area contributed by atoms with Gasteiger partial charge in [-0.2, -0.15) is 13.2 Å². The van der Waals surface area contributed by atoms with Gasteiger partial charge in [0.2, 0.25) is 6.29 Å². The summed E-state index contributed by atoms with van der Waals surface area (Å²) in [5, 5.41) is 0.418. The maximum absolute atomic E-state index is 13.3. The van der Waals surface area contributed by atoms with Crippen LogP contribution < -0.4 is 10.1 Å². The van der Waals surface area contributed by atoms with Crippen LogP contribution in [0.15, 0.2) is 42.3 Å². The third kappa shape index (κ3) is 7.32. The molecule has 1 amide bonds. The third-order valence-corrected chi connectivity index (χ3v) is 4.72. The molecule has 1 saturated heterocycles. The standard InChI is InChI=1S/C24H24F3NO9/c1-12(29)33-11-18-20(34-13(2)30)21(35-14(3)31)19(28-23(32)24(25,26)27)22(37-18)36-17-9-8-15-6-4-5-7-16(15)10-17/h4-10,18-22H,11H2,1-3H3,(H,28,32)/t18-,19-,20-,21-,22-/m1/s1/i4D,5D,6D,7D,8D,9D,10D. The Morgan fingerprint density at radius 1 is 0.946 bits per heavy atom. The number of benzene rings is 2. The molecule has 0 aliphatic carbocycles. The second kappa shape index (κ2) is 11.5. The molecule has 1 heterocycles. The number of hydrogen-bond donors (Lipinski definition) is 1. The van der Waals surface area contributed by atoms with E-state index < -0.39 is 126 Å². The molecule has 13 heteroatoms. The first-order chi connectivity index (χ1) is 20.3.